The summed E-state index contributed by atoms with van der Waals surface area (Å²) in [6.45, 7) is 0. The van der Waals surface area contributed by atoms with Gasteiger partial charge in [0.25, 0.3) is 0 Å². The maximum absolute atomic E-state index is 6.53. The number of aromatic nitrogens is 2. The number of benzene rings is 8. The highest BCUT2D eigenvalue weighted by Crippen LogP contribution is 2.43. The van der Waals surface area contributed by atoms with Crippen molar-refractivity contribution in [1.29, 1.82) is 0 Å². The number of para-hydroxylation sites is 4. The Morgan fingerprint density at radius 2 is 0.885 bits per heavy atom. The number of rotatable bonds is 3. The largest absolute Gasteiger partial charge is 0.454 e. The lowest BCUT2D eigenvalue weighted by atomic mass is 10.0. The van der Waals surface area contributed by atoms with E-state index >= 15 is 0 Å². The van der Waals surface area contributed by atoms with Crippen molar-refractivity contribution < 1.29 is 4.42 Å². The van der Waals surface area contributed by atoms with Gasteiger partial charge in [-0.25, -0.2) is 0 Å². The minimum atomic E-state index is 0.906. The first kappa shape index (κ1) is 28.1. The number of nitrogens with zero attached hydrogens (tertiary/aromatic N) is 2. The molecule has 12 rings (SSSR count). The Morgan fingerprint density at radius 1 is 0.365 bits per heavy atom. The predicted octanol–water partition coefficient (Wildman–Crippen LogP) is 13.8. The van der Waals surface area contributed by atoms with E-state index in [0.717, 1.165) is 38.7 Å². The molecule has 0 aliphatic heterocycles. The van der Waals surface area contributed by atoms with Crippen molar-refractivity contribution in [3.8, 4) is 22.5 Å². The fraction of sp³-hybridized carbons (Fsp3) is 0. The molecule has 4 heteroatoms. The highest BCUT2D eigenvalue weighted by Gasteiger charge is 2.20. The van der Waals surface area contributed by atoms with Crippen LogP contribution in [0.4, 0.5) is 0 Å². The summed E-state index contributed by atoms with van der Waals surface area (Å²) in [6.07, 6.45) is 0. The van der Waals surface area contributed by atoms with Gasteiger partial charge in [0, 0.05) is 52.5 Å². The lowest BCUT2D eigenvalue weighted by Crippen LogP contribution is -1.94. The Balaban J connectivity index is 1.07. The topological polar surface area (TPSA) is 23.0 Å². The molecule has 0 saturated heterocycles. The van der Waals surface area contributed by atoms with E-state index < -0.39 is 0 Å². The molecule has 0 fully saturated rings. The summed E-state index contributed by atoms with van der Waals surface area (Å²) in [5.74, 6) is 0. The van der Waals surface area contributed by atoms with Gasteiger partial charge in [-0.2, -0.15) is 0 Å². The van der Waals surface area contributed by atoms with E-state index in [4.69, 9.17) is 4.42 Å². The molecular formula is C48H28N2OS. The van der Waals surface area contributed by atoms with E-state index in [2.05, 4.69) is 173 Å². The van der Waals surface area contributed by atoms with Gasteiger partial charge in [-0.15, -0.1) is 11.3 Å². The molecule has 0 bridgehead atoms. The van der Waals surface area contributed by atoms with Crippen LogP contribution in [0.15, 0.2) is 174 Å². The average molecular weight is 681 g/mol. The van der Waals surface area contributed by atoms with Crippen LogP contribution in [0.25, 0.3) is 108 Å². The maximum atomic E-state index is 6.53. The summed E-state index contributed by atoms with van der Waals surface area (Å²) in [4.78, 5) is 0. The molecule has 8 aromatic carbocycles. The van der Waals surface area contributed by atoms with Crippen molar-refractivity contribution in [2.24, 2.45) is 0 Å². The van der Waals surface area contributed by atoms with Crippen molar-refractivity contribution in [2.75, 3.05) is 0 Å². The number of hydrogen-bond donors (Lipinski definition) is 0. The molecule has 4 heterocycles. The van der Waals surface area contributed by atoms with E-state index in [1.54, 1.807) is 0 Å². The first-order valence-corrected chi connectivity index (χ1v) is 18.5. The quantitative estimate of drug-likeness (QED) is 0.182. The van der Waals surface area contributed by atoms with E-state index in [-0.39, 0.29) is 0 Å². The molecule has 0 atom stereocenters. The van der Waals surface area contributed by atoms with Crippen molar-refractivity contribution in [3.63, 3.8) is 0 Å². The normalized spacial score (nSPS) is 12.2. The molecule has 0 aliphatic rings. The van der Waals surface area contributed by atoms with Crippen LogP contribution in [0.5, 0.6) is 0 Å². The van der Waals surface area contributed by atoms with Gasteiger partial charge in [0.05, 0.1) is 33.4 Å². The number of hydrogen-bond acceptors (Lipinski definition) is 2. The first-order valence-electron chi connectivity index (χ1n) is 17.7. The van der Waals surface area contributed by atoms with E-state index in [9.17, 15) is 0 Å². The van der Waals surface area contributed by atoms with Crippen molar-refractivity contribution in [1.82, 2.24) is 9.13 Å². The molecule has 0 aliphatic carbocycles. The van der Waals surface area contributed by atoms with Crippen LogP contribution in [-0.2, 0) is 0 Å². The summed E-state index contributed by atoms with van der Waals surface area (Å²) < 4.78 is 14.0. The minimum Gasteiger partial charge on any atom is -0.454 e. The van der Waals surface area contributed by atoms with Crippen molar-refractivity contribution >= 4 is 97.1 Å². The van der Waals surface area contributed by atoms with E-state index in [1.165, 1.54) is 69.6 Å². The van der Waals surface area contributed by atoms with Crippen LogP contribution in [-0.4, -0.2) is 9.13 Å². The Labute approximate surface area is 301 Å². The highest BCUT2D eigenvalue weighted by atomic mass is 32.1. The third-order valence-electron chi connectivity index (χ3n) is 10.9. The number of fused-ring (bicyclic) bond motifs is 12. The molecule has 3 nitrogen and oxygen atoms in total. The fourth-order valence-corrected chi connectivity index (χ4v) is 9.80. The van der Waals surface area contributed by atoms with E-state index in [1.807, 2.05) is 17.4 Å². The Bertz CT molecular complexity index is 3430. The molecule has 0 unspecified atom stereocenters. The monoisotopic (exact) mass is 680 g/mol. The van der Waals surface area contributed by atoms with Crippen LogP contribution in [0.3, 0.4) is 0 Å². The molecule has 4 aromatic heterocycles. The van der Waals surface area contributed by atoms with E-state index in [0.29, 0.717) is 0 Å². The molecular weight excluding hydrogens is 653 g/mol. The zero-order chi connectivity index (χ0) is 33.9. The number of furan rings is 1. The standard InChI is InChI=1S/C48H28N2OS/c1-5-16-38-31(11-1)36-27-29(23-25-40(36)49(38)42-18-10-22-46-47(42)35-14-4-8-21-45(35)52-46)30-24-26-41-37(28-30)32-12-2-6-17-39(32)50(41)43-19-9-15-34-33-13-3-7-20-44(33)51-48(34)43/h1-28H. The van der Waals surface area contributed by atoms with Crippen molar-refractivity contribution in [3.05, 3.63) is 170 Å². The summed E-state index contributed by atoms with van der Waals surface area (Å²) in [7, 11) is 0. The Morgan fingerprint density at radius 3 is 1.62 bits per heavy atom. The summed E-state index contributed by atoms with van der Waals surface area (Å²) in [6, 6.07) is 61.7. The second kappa shape index (κ2) is 10.5. The minimum absolute atomic E-state index is 0.906. The van der Waals surface area contributed by atoms with Crippen LogP contribution in [0.2, 0.25) is 0 Å². The van der Waals surface area contributed by atoms with Gasteiger partial charge in [-0.05, 0) is 77.9 Å². The van der Waals surface area contributed by atoms with Gasteiger partial charge < -0.3 is 13.6 Å². The Kier molecular flexibility index (Phi) is 5.65. The molecule has 52 heavy (non-hydrogen) atoms. The summed E-state index contributed by atoms with van der Waals surface area (Å²) in [5, 5.41) is 9.85. The smallest absolute Gasteiger partial charge is 0.159 e. The summed E-state index contributed by atoms with van der Waals surface area (Å²) >= 11 is 1.87. The molecule has 0 radical (unpaired) electrons. The van der Waals surface area contributed by atoms with Gasteiger partial charge in [-0.1, -0.05) is 103 Å². The predicted molar refractivity (Wildman–Crippen MR) is 221 cm³/mol. The lowest BCUT2D eigenvalue weighted by molar-refractivity contribution is 0.666. The molecule has 242 valence electrons. The van der Waals surface area contributed by atoms with Gasteiger partial charge in [0.15, 0.2) is 5.58 Å². The molecule has 0 saturated carbocycles. The van der Waals surface area contributed by atoms with Crippen LogP contribution >= 0.6 is 11.3 Å². The molecule has 12 aromatic rings. The second-order valence-electron chi connectivity index (χ2n) is 13.7. The lowest BCUT2D eigenvalue weighted by Gasteiger charge is -2.11. The fourth-order valence-electron chi connectivity index (χ4n) is 8.67. The maximum Gasteiger partial charge on any atom is 0.159 e. The molecule has 0 amide bonds. The second-order valence-corrected chi connectivity index (χ2v) is 14.8. The van der Waals surface area contributed by atoms with Gasteiger partial charge in [-0.3, -0.25) is 0 Å². The van der Waals surface area contributed by atoms with Crippen molar-refractivity contribution in [2.45, 2.75) is 0 Å². The third kappa shape index (κ3) is 3.79. The van der Waals surface area contributed by atoms with Gasteiger partial charge in [0.2, 0.25) is 0 Å². The van der Waals surface area contributed by atoms with Gasteiger partial charge >= 0.3 is 0 Å². The number of thiophene rings is 1. The first-order chi connectivity index (χ1) is 25.8. The third-order valence-corrected chi connectivity index (χ3v) is 12.1. The summed E-state index contributed by atoms with van der Waals surface area (Å²) in [5.41, 5.74) is 11.2. The zero-order valence-corrected chi connectivity index (χ0v) is 28.7. The van der Waals surface area contributed by atoms with Crippen LogP contribution < -0.4 is 0 Å². The zero-order valence-electron chi connectivity index (χ0n) is 27.9. The van der Waals surface area contributed by atoms with Crippen LogP contribution in [0.1, 0.15) is 0 Å². The molecule has 0 spiro atoms. The van der Waals surface area contributed by atoms with Gasteiger partial charge in [0.1, 0.15) is 5.58 Å². The average Bonchev–Trinajstić information content (AvgIpc) is 3.95. The Hall–Kier alpha value is -6.62. The molecule has 0 N–H and O–H groups in total. The SMILES string of the molecule is c1ccc2c(c1)oc1c(-n3c4ccccc4c4cc(-c5ccc6c(c5)c5ccccc5n6-c5cccc6sc7ccccc7c56)ccc43)cccc12. The highest BCUT2D eigenvalue weighted by molar-refractivity contribution is 7.25. The van der Waals surface area contributed by atoms with Crippen LogP contribution in [0, 0.1) is 0 Å².